The van der Waals surface area contributed by atoms with Crippen LogP contribution >= 0.6 is 0 Å². The van der Waals surface area contributed by atoms with Crippen LogP contribution in [0.5, 0.6) is 0 Å². The summed E-state index contributed by atoms with van der Waals surface area (Å²) >= 11 is 0. The van der Waals surface area contributed by atoms with Gasteiger partial charge in [-0.15, -0.1) is 0 Å². The van der Waals surface area contributed by atoms with E-state index < -0.39 is 0 Å². The Labute approximate surface area is 116 Å². The van der Waals surface area contributed by atoms with Crippen LogP contribution in [0.1, 0.15) is 44.4 Å². The summed E-state index contributed by atoms with van der Waals surface area (Å²) < 4.78 is 5.24. The van der Waals surface area contributed by atoms with Crippen molar-refractivity contribution in [2.24, 2.45) is 11.1 Å². The molecule has 0 radical (unpaired) electrons. The van der Waals surface area contributed by atoms with Gasteiger partial charge in [0, 0.05) is 25.6 Å². The SMILES string of the molecule is Cc1occc1CN(C)C(=O)CCC(C)(C)CCN. The zero-order valence-corrected chi connectivity index (χ0v) is 12.5. The van der Waals surface area contributed by atoms with Crippen LogP contribution in [-0.4, -0.2) is 24.4 Å². The second kappa shape index (κ2) is 6.75. The first-order valence-electron chi connectivity index (χ1n) is 6.83. The number of carbonyl (C=O) groups excluding carboxylic acids is 1. The molecule has 0 spiro atoms. The lowest BCUT2D eigenvalue weighted by Crippen LogP contribution is -2.28. The van der Waals surface area contributed by atoms with Gasteiger partial charge in [0.25, 0.3) is 0 Å². The highest BCUT2D eigenvalue weighted by Gasteiger charge is 2.20. The van der Waals surface area contributed by atoms with Gasteiger partial charge >= 0.3 is 0 Å². The van der Waals surface area contributed by atoms with Crippen molar-refractivity contribution >= 4 is 5.91 Å². The fourth-order valence-corrected chi connectivity index (χ4v) is 2.07. The van der Waals surface area contributed by atoms with Crippen LogP contribution < -0.4 is 5.73 Å². The topological polar surface area (TPSA) is 59.5 Å². The average molecular weight is 266 g/mol. The van der Waals surface area contributed by atoms with Crippen molar-refractivity contribution in [3.05, 3.63) is 23.7 Å². The molecular formula is C15H26N2O2. The van der Waals surface area contributed by atoms with Crippen LogP contribution in [-0.2, 0) is 11.3 Å². The minimum absolute atomic E-state index is 0.136. The molecule has 0 saturated carbocycles. The predicted octanol–water partition coefficient (Wildman–Crippen LogP) is 2.70. The molecule has 108 valence electrons. The highest BCUT2D eigenvalue weighted by molar-refractivity contribution is 5.75. The van der Waals surface area contributed by atoms with Crippen LogP contribution in [0, 0.1) is 12.3 Å². The predicted molar refractivity (Wildman–Crippen MR) is 76.6 cm³/mol. The molecule has 0 aliphatic heterocycles. The number of nitrogens with two attached hydrogens (primary N) is 1. The van der Waals surface area contributed by atoms with E-state index in [1.165, 1.54) is 0 Å². The average Bonchev–Trinajstić information content (AvgIpc) is 2.72. The van der Waals surface area contributed by atoms with Crippen molar-refractivity contribution in [2.75, 3.05) is 13.6 Å². The van der Waals surface area contributed by atoms with Crippen molar-refractivity contribution in [3.8, 4) is 0 Å². The summed E-state index contributed by atoms with van der Waals surface area (Å²) in [7, 11) is 1.84. The zero-order valence-electron chi connectivity index (χ0n) is 12.5. The maximum Gasteiger partial charge on any atom is 0.222 e. The Kier molecular flexibility index (Phi) is 5.60. The Hall–Kier alpha value is -1.29. The summed E-state index contributed by atoms with van der Waals surface area (Å²) in [6.45, 7) is 7.52. The third kappa shape index (κ3) is 5.07. The summed E-state index contributed by atoms with van der Waals surface area (Å²) in [5.74, 6) is 1.05. The van der Waals surface area contributed by atoms with Gasteiger partial charge < -0.3 is 15.1 Å². The van der Waals surface area contributed by atoms with E-state index in [0.29, 0.717) is 19.5 Å². The molecule has 1 amide bonds. The Bertz CT molecular complexity index is 410. The first kappa shape index (κ1) is 15.8. The first-order chi connectivity index (χ1) is 8.85. The van der Waals surface area contributed by atoms with Crippen LogP contribution in [0.2, 0.25) is 0 Å². The maximum absolute atomic E-state index is 12.1. The Morgan fingerprint density at radius 2 is 2.11 bits per heavy atom. The summed E-state index contributed by atoms with van der Waals surface area (Å²) in [4.78, 5) is 13.9. The number of furan rings is 1. The number of hydrogen-bond donors (Lipinski definition) is 1. The molecule has 0 aliphatic carbocycles. The van der Waals surface area contributed by atoms with Gasteiger partial charge in [-0.05, 0) is 37.8 Å². The van der Waals surface area contributed by atoms with E-state index in [2.05, 4.69) is 13.8 Å². The molecule has 0 aliphatic rings. The van der Waals surface area contributed by atoms with E-state index >= 15 is 0 Å². The molecule has 2 N–H and O–H groups in total. The van der Waals surface area contributed by atoms with E-state index in [1.54, 1.807) is 11.2 Å². The molecule has 0 saturated heterocycles. The van der Waals surface area contributed by atoms with Crippen LogP contribution in [0.3, 0.4) is 0 Å². The molecule has 0 atom stereocenters. The van der Waals surface area contributed by atoms with Gasteiger partial charge in [0.15, 0.2) is 0 Å². The van der Waals surface area contributed by atoms with Crippen molar-refractivity contribution < 1.29 is 9.21 Å². The number of nitrogens with zero attached hydrogens (tertiary/aromatic N) is 1. The Morgan fingerprint density at radius 3 is 2.63 bits per heavy atom. The maximum atomic E-state index is 12.1. The third-order valence-electron chi connectivity index (χ3n) is 3.64. The summed E-state index contributed by atoms with van der Waals surface area (Å²) in [5.41, 5.74) is 6.78. The van der Waals surface area contributed by atoms with Crippen LogP contribution in [0.4, 0.5) is 0 Å². The van der Waals surface area contributed by atoms with Crippen molar-refractivity contribution in [1.29, 1.82) is 0 Å². The number of aryl methyl sites for hydroxylation is 1. The molecule has 0 aromatic carbocycles. The van der Waals surface area contributed by atoms with Gasteiger partial charge in [-0.1, -0.05) is 13.8 Å². The molecule has 1 rings (SSSR count). The summed E-state index contributed by atoms with van der Waals surface area (Å²) in [5, 5.41) is 0. The second-order valence-corrected chi connectivity index (χ2v) is 5.95. The smallest absolute Gasteiger partial charge is 0.222 e. The molecule has 1 aromatic rings. The molecule has 4 nitrogen and oxygen atoms in total. The molecule has 0 fully saturated rings. The van der Waals surface area contributed by atoms with Gasteiger partial charge in [0.1, 0.15) is 5.76 Å². The summed E-state index contributed by atoms with van der Waals surface area (Å²) in [6, 6.07) is 1.91. The van der Waals surface area contributed by atoms with E-state index in [9.17, 15) is 4.79 Å². The monoisotopic (exact) mass is 266 g/mol. The number of hydrogen-bond acceptors (Lipinski definition) is 3. The minimum atomic E-state index is 0.136. The number of carbonyl (C=O) groups is 1. The van der Waals surface area contributed by atoms with Crippen molar-refractivity contribution in [3.63, 3.8) is 0 Å². The molecule has 0 unspecified atom stereocenters. The zero-order chi connectivity index (χ0) is 14.5. The largest absolute Gasteiger partial charge is 0.469 e. The van der Waals surface area contributed by atoms with Gasteiger partial charge in [-0.25, -0.2) is 0 Å². The Morgan fingerprint density at radius 1 is 1.42 bits per heavy atom. The molecule has 19 heavy (non-hydrogen) atoms. The first-order valence-corrected chi connectivity index (χ1v) is 6.83. The fraction of sp³-hybridized carbons (Fsp3) is 0.667. The molecule has 1 aromatic heterocycles. The van der Waals surface area contributed by atoms with Gasteiger partial charge in [-0.2, -0.15) is 0 Å². The van der Waals surface area contributed by atoms with Gasteiger partial charge in [0.05, 0.1) is 6.26 Å². The third-order valence-corrected chi connectivity index (χ3v) is 3.64. The second-order valence-electron chi connectivity index (χ2n) is 5.95. The lowest BCUT2D eigenvalue weighted by Gasteiger charge is -2.25. The van der Waals surface area contributed by atoms with Crippen LogP contribution in [0.25, 0.3) is 0 Å². The number of amides is 1. The van der Waals surface area contributed by atoms with E-state index in [-0.39, 0.29) is 11.3 Å². The Balaban J connectivity index is 2.43. The van der Waals surface area contributed by atoms with Crippen molar-refractivity contribution in [1.82, 2.24) is 4.90 Å². The van der Waals surface area contributed by atoms with E-state index in [1.807, 2.05) is 20.0 Å². The van der Waals surface area contributed by atoms with Gasteiger partial charge in [-0.3, -0.25) is 4.79 Å². The highest BCUT2D eigenvalue weighted by Crippen LogP contribution is 2.26. The lowest BCUT2D eigenvalue weighted by molar-refractivity contribution is -0.131. The molecular weight excluding hydrogens is 240 g/mol. The normalized spacial score (nSPS) is 11.6. The van der Waals surface area contributed by atoms with Gasteiger partial charge in [0.2, 0.25) is 5.91 Å². The minimum Gasteiger partial charge on any atom is -0.469 e. The molecule has 4 heteroatoms. The quantitative estimate of drug-likeness (QED) is 0.825. The van der Waals surface area contributed by atoms with E-state index in [4.69, 9.17) is 10.2 Å². The fourth-order valence-electron chi connectivity index (χ4n) is 2.07. The lowest BCUT2D eigenvalue weighted by atomic mass is 9.84. The van der Waals surface area contributed by atoms with Crippen molar-refractivity contribution in [2.45, 2.75) is 46.6 Å². The number of rotatable bonds is 7. The van der Waals surface area contributed by atoms with E-state index in [0.717, 1.165) is 24.2 Å². The highest BCUT2D eigenvalue weighted by atomic mass is 16.3. The molecule has 0 bridgehead atoms. The molecule has 1 heterocycles. The summed E-state index contributed by atoms with van der Waals surface area (Å²) in [6.07, 6.45) is 4.05. The van der Waals surface area contributed by atoms with Crippen LogP contribution in [0.15, 0.2) is 16.7 Å². The standard InChI is InChI=1S/C15H26N2O2/c1-12-13(6-10-19-12)11-17(4)14(18)5-7-15(2,3)8-9-16/h6,10H,5,7-9,11,16H2,1-4H3.